The molecule has 2 N–H and O–H groups in total. The van der Waals surface area contributed by atoms with Crippen LogP contribution in [0.2, 0.25) is 0 Å². The first-order valence-corrected chi connectivity index (χ1v) is 5.54. The van der Waals surface area contributed by atoms with Crippen LogP contribution in [0.15, 0.2) is 28.9 Å². The Morgan fingerprint density at radius 3 is 2.68 bits per heavy atom. The van der Waals surface area contributed by atoms with E-state index in [-0.39, 0.29) is 16.8 Å². The summed E-state index contributed by atoms with van der Waals surface area (Å²) >= 11 is 0. The van der Waals surface area contributed by atoms with Crippen molar-refractivity contribution in [1.82, 2.24) is 10.3 Å². The number of rotatable bonds is 1. The molecule has 0 bridgehead atoms. The summed E-state index contributed by atoms with van der Waals surface area (Å²) in [5.74, 6) is -1.18. The van der Waals surface area contributed by atoms with Gasteiger partial charge in [-0.3, -0.25) is 0 Å². The SMILES string of the molecule is Cc1cc(N)c(F)cc1-c1ccc2nonc2c1F. The first-order chi connectivity index (χ1) is 9.08. The zero-order chi connectivity index (χ0) is 13.6. The van der Waals surface area contributed by atoms with Gasteiger partial charge < -0.3 is 5.73 Å². The van der Waals surface area contributed by atoms with E-state index in [0.717, 1.165) is 0 Å². The van der Waals surface area contributed by atoms with Crippen molar-refractivity contribution >= 4 is 16.7 Å². The highest BCUT2D eigenvalue weighted by Crippen LogP contribution is 2.31. The second-order valence-electron chi connectivity index (χ2n) is 4.25. The Hall–Kier alpha value is -2.50. The van der Waals surface area contributed by atoms with Gasteiger partial charge in [0.1, 0.15) is 11.3 Å². The van der Waals surface area contributed by atoms with Gasteiger partial charge >= 0.3 is 0 Å². The van der Waals surface area contributed by atoms with Crippen molar-refractivity contribution in [1.29, 1.82) is 0 Å². The number of benzene rings is 2. The lowest BCUT2D eigenvalue weighted by Crippen LogP contribution is -1.95. The number of halogens is 2. The van der Waals surface area contributed by atoms with E-state index in [1.807, 2.05) is 0 Å². The molecule has 0 aliphatic heterocycles. The van der Waals surface area contributed by atoms with E-state index >= 15 is 0 Å². The number of nitrogens with zero attached hydrogens (tertiary/aromatic N) is 2. The molecule has 19 heavy (non-hydrogen) atoms. The lowest BCUT2D eigenvalue weighted by molar-refractivity contribution is 0.314. The molecule has 0 fully saturated rings. The summed E-state index contributed by atoms with van der Waals surface area (Å²) in [6, 6.07) is 5.76. The van der Waals surface area contributed by atoms with Crippen molar-refractivity contribution in [2.45, 2.75) is 6.92 Å². The molecule has 0 saturated carbocycles. The summed E-state index contributed by atoms with van der Waals surface area (Å²) in [7, 11) is 0. The number of aryl methyl sites for hydroxylation is 1. The molecular formula is C13H9F2N3O. The molecule has 0 aliphatic rings. The standard InChI is InChI=1S/C13H9F2N3O/c1-6-4-10(16)9(14)5-8(6)7-2-3-11-13(12(7)15)18-19-17-11/h2-5H,16H2,1H3. The van der Waals surface area contributed by atoms with Gasteiger partial charge in [0, 0.05) is 5.56 Å². The Bertz CT molecular complexity index is 783. The Labute approximate surface area is 106 Å². The normalized spacial score (nSPS) is 11.1. The lowest BCUT2D eigenvalue weighted by Gasteiger charge is -2.09. The maximum absolute atomic E-state index is 14.3. The highest BCUT2D eigenvalue weighted by Gasteiger charge is 2.16. The fourth-order valence-electron chi connectivity index (χ4n) is 2.02. The predicted molar refractivity (Wildman–Crippen MR) is 66.3 cm³/mol. The minimum atomic E-state index is -0.592. The fourth-order valence-corrected chi connectivity index (χ4v) is 2.02. The summed E-state index contributed by atoms with van der Waals surface area (Å²) < 4.78 is 32.3. The monoisotopic (exact) mass is 261 g/mol. The molecule has 6 heteroatoms. The van der Waals surface area contributed by atoms with Crippen LogP contribution in [0.5, 0.6) is 0 Å². The van der Waals surface area contributed by atoms with Gasteiger partial charge in [0.05, 0.1) is 5.69 Å². The van der Waals surface area contributed by atoms with Crippen LogP contribution in [0.1, 0.15) is 5.56 Å². The van der Waals surface area contributed by atoms with Crippen LogP contribution in [-0.2, 0) is 0 Å². The van der Waals surface area contributed by atoms with E-state index < -0.39 is 11.6 Å². The average Bonchev–Trinajstić information content (AvgIpc) is 2.84. The summed E-state index contributed by atoms with van der Waals surface area (Å²) in [5.41, 5.74) is 7.18. The van der Waals surface area contributed by atoms with Gasteiger partial charge in [0.2, 0.25) is 0 Å². The average molecular weight is 261 g/mol. The lowest BCUT2D eigenvalue weighted by atomic mass is 9.98. The number of nitrogens with two attached hydrogens (primary N) is 1. The first-order valence-electron chi connectivity index (χ1n) is 5.54. The second-order valence-corrected chi connectivity index (χ2v) is 4.25. The molecule has 96 valence electrons. The maximum atomic E-state index is 14.3. The highest BCUT2D eigenvalue weighted by molar-refractivity contribution is 5.83. The predicted octanol–water partition coefficient (Wildman–Crippen LogP) is 3.06. The van der Waals surface area contributed by atoms with Crippen molar-refractivity contribution in [3.63, 3.8) is 0 Å². The van der Waals surface area contributed by atoms with Gasteiger partial charge in [-0.15, -0.1) is 0 Å². The van der Waals surface area contributed by atoms with Crippen LogP contribution < -0.4 is 5.73 Å². The van der Waals surface area contributed by atoms with Gasteiger partial charge in [0.15, 0.2) is 11.3 Å². The van der Waals surface area contributed by atoms with Crippen molar-refractivity contribution < 1.29 is 13.4 Å². The van der Waals surface area contributed by atoms with Crippen LogP contribution in [0.3, 0.4) is 0 Å². The maximum Gasteiger partial charge on any atom is 0.171 e. The Morgan fingerprint density at radius 1 is 1.11 bits per heavy atom. The molecule has 0 atom stereocenters. The van der Waals surface area contributed by atoms with E-state index in [0.29, 0.717) is 16.6 Å². The topological polar surface area (TPSA) is 64.9 Å². The van der Waals surface area contributed by atoms with Gasteiger partial charge in [0.25, 0.3) is 0 Å². The van der Waals surface area contributed by atoms with E-state index in [9.17, 15) is 8.78 Å². The summed E-state index contributed by atoms with van der Waals surface area (Å²) in [6.45, 7) is 1.73. The number of aromatic nitrogens is 2. The molecule has 0 amide bonds. The molecule has 2 aromatic carbocycles. The van der Waals surface area contributed by atoms with Gasteiger partial charge in [-0.1, -0.05) is 0 Å². The van der Waals surface area contributed by atoms with E-state index in [2.05, 4.69) is 14.9 Å². The minimum absolute atomic E-state index is 0.0223. The molecular weight excluding hydrogens is 252 g/mol. The third kappa shape index (κ3) is 1.72. The molecule has 3 aromatic rings. The molecule has 0 spiro atoms. The van der Waals surface area contributed by atoms with Gasteiger partial charge in [-0.2, -0.15) is 0 Å². The molecule has 0 aliphatic carbocycles. The Balaban J connectivity index is 2.30. The van der Waals surface area contributed by atoms with E-state index in [4.69, 9.17) is 5.73 Å². The second kappa shape index (κ2) is 4.01. The third-order valence-electron chi connectivity index (χ3n) is 3.00. The van der Waals surface area contributed by atoms with Crippen LogP contribution in [-0.4, -0.2) is 10.3 Å². The minimum Gasteiger partial charge on any atom is -0.396 e. The summed E-state index contributed by atoms with van der Waals surface area (Å²) in [5, 5.41) is 7.04. The van der Waals surface area contributed by atoms with Crippen molar-refractivity contribution in [3.8, 4) is 11.1 Å². The number of anilines is 1. The van der Waals surface area contributed by atoms with Crippen molar-refractivity contribution in [2.75, 3.05) is 5.73 Å². The number of fused-ring (bicyclic) bond motifs is 1. The third-order valence-corrected chi connectivity index (χ3v) is 3.00. The van der Waals surface area contributed by atoms with Crippen molar-refractivity contribution in [3.05, 3.63) is 41.5 Å². The number of hydrogen-bond donors (Lipinski definition) is 1. The van der Waals surface area contributed by atoms with Gasteiger partial charge in [-0.05, 0) is 52.6 Å². The molecule has 0 unspecified atom stereocenters. The van der Waals surface area contributed by atoms with E-state index in [1.165, 1.54) is 18.2 Å². The smallest absolute Gasteiger partial charge is 0.171 e. The number of nitrogen functional groups attached to an aromatic ring is 1. The highest BCUT2D eigenvalue weighted by atomic mass is 19.1. The van der Waals surface area contributed by atoms with Gasteiger partial charge in [-0.25, -0.2) is 13.4 Å². The number of hydrogen-bond acceptors (Lipinski definition) is 4. The molecule has 0 saturated heterocycles. The molecule has 1 heterocycles. The molecule has 1 aromatic heterocycles. The van der Waals surface area contributed by atoms with Crippen LogP contribution in [0.4, 0.5) is 14.5 Å². The molecule has 0 radical (unpaired) electrons. The zero-order valence-corrected chi connectivity index (χ0v) is 9.95. The quantitative estimate of drug-likeness (QED) is 0.684. The summed E-state index contributed by atoms with van der Waals surface area (Å²) in [6.07, 6.45) is 0. The molecule has 4 nitrogen and oxygen atoms in total. The van der Waals surface area contributed by atoms with Crippen LogP contribution in [0.25, 0.3) is 22.2 Å². The first kappa shape index (κ1) is 11.6. The Morgan fingerprint density at radius 2 is 1.89 bits per heavy atom. The zero-order valence-electron chi connectivity index (χ0n) is 9.95. The largest absolute Gasteiger partial charge is 0.396 e. The van der Waals surface area contributed by atoms with Crippen LogP contribution in [0, 0.1) is 18.6 Å². The summed E-state index contributed by atoms with van der Waals surface area (Å²) in [4.78, 5) is 0. The van der Waals surface area contributed by atoms with Crippen LogP contribution >= 0.6 is 0 Å². The molecule has 3 rings (SSSR count). The fraction of sp³-hybridized carbons (Fsp3) is 0.0769. The Kier molecular flexibility index (Phi) is 2.45. The van der Waals surface area contributed by atoms with Crippen molar-refractivity contribution in [2.24, 2.45) is 0 Å². The van der Waals surface area contributed by atoms with E-state index in [1.54, 1.807) is 13.0 Å².